The predicted octanol–water partition coefficient (Wildman–Crippen LogP) is 2.79. The number of fused-ring (bicyclic) bond motifs is 1. The minimum absolute atomic E-state index is 0.0668. The van der Waals surface area contributed by atoms with E-state index in [0.29, 0.717) is 29.2 Å². The van der Waals surface area contributed by atoms with Crippen molar-refractivity contribution < 1.29 is 18.0 Å². The third-order valence-corrected chi connectivity index (χ3v) is 7.64. The van der Waals surface area contributed by atoms with Crippen LogP contribution in [-0.2, 0) is 14.8 Å². The maximum Gasteiger partial charge on any atom is 0.271 e. The molecule has 0 bridgehead atoms. The van der Waals surface area contributed by atoms with Gasteiger partial charge in [0.15, 0.2) is 0 Å². The lowest BCUT2D eigenvalue weighted by atomic mass is 10.2. The number of nitrogens with zero attached hydrogens (tertiary/aromatic N) is 2. The number of benzene rings is 2. The fourth-order valence-corrected chi connectivity index (χ4v) is 5.69. The number of rotatable bonds is 4. The van der Waals surface area contributed by atoms with E-state index in [-0.39, 0.29) is 23.0 Å². The Morgan fingerprint density at radius 3 is 2.55 bits per heavy atom. The van der Waals surface area contributed by atoms with Crippen molar-refractivity contribution in [1.29, 1.82) is 0 Å². The van der Waals surface area contributed by atoms with Gasteiger partial charge in [-0.25, -0.2) is 8.42 Å². The second-order valence-corrected chi connectivity index (χ2v) is 9.53. The van der Waals surface area contributed by atoms with Crippen LogP contribution in [0.25, 0.3) is 0 Å². The highest BCUT2D eigenvalue weighted by molar-refractivity contribution is 7.98. The van der Waals surface area contributed by atoms with E-state index in [0.717, 1.165) is 17.1 Å². The van der Waals surface area contributed by atoms with E-state index < -0.39 is 15.9 Å². The van der Waals surface area contributed by atoms with E-state index in [1.807, 2.05) is 6.26 Å². The Labute approximate surface area is 174 Å². The van der Waals surface area contributed by atoms with Crippen molar-refractivity contribution in [3.63, 3.8) is 0 Å². The number of hydrogen-bond donors (Lipinski definition) is 1. The number of para-hydroxylation sites is 2. The second-order valence-electron chi connectivity index (χ2n) is 6.90. The zero-order chi connectivity index (χ0) is 20.6. The summed E-state index contributed by atoms with van der Waals surface area (Å²) in [6, 6.07) is 11.3. The molecular formula is C20H21N3O4S2. The summed E-state index contributed by atoms with van der Waals surface area (Å²) in [6.45, 7) is 1.24. The lowest BCUT2D eigenvalue weighted by Crippen LogP contribution is -2.44. The molecule has 0 aromatic heterocycles. The molecule has 2 heterocycles. The van der Waals surface area contributed by atoms with Crippen LogP contribution in [0.15, 0.2) is 52.3 Å². The van der Waals surface area contributed by atoms with E-state index in [1.54, 1.807) is 35.2 Å². The number of amides is 2. The van der Waals surface area contributed by atoms with Crippen LogP contribution in [0, 0.1) is 0 Å². The average molecular weight is 432 g/mol. The van der Waals surface area contributed by atoms with Gasteiger partial charge in [-0.05, 0) is 49.4 Å². The van der Waals surface area contributed by atoms with Crippen LogP contribution < -0.4 is 9.62 Å². The summed E-state index contributed by atoms with van der Waals surface area (Å²) < 4.78 is 27.6. The number of nitrogens with one attached hydrogen (secondary N) is 1. The molecule has 7 nitrogen and oxygen atoms in total. The molecule has 1 saturated heterocycles. The summed E-state index contributed by atoms with van der Waals surface area (Å²) in [5, 5.41) is 2.93. The molecular weight excluding hydrogens is 410 g/mol. The van der Waals surface area contributed by atoms with Gasteiger partial charge in [0, 0.05) is 18.0 Å². The molecule has 152 valence electrons. The quantitative estimate of drug-likeness (QED) is 0.749. The maximum absolute atomic E-state index is 13.4. The number of thioether (sulfide) groups is 1. The Hall–Kier alpha value is -2.52. The molecule has 2 aromatic carbocycles. The molecule has 29 heavy (non-hydrogen) atoms. The van der Waals surface area contributed by atoms with Gasteiger partial charge in [-0.15, -0.1) is 11.8 Å². The largest absolute Gasteiger partial charge is 0.374 e. The van der Waals surface area contributed by atoms with Crippen molar-refractivity contribution in [3.05, 3.63) is 48.0 Å². The van der Waals surface area contributed by atoms with Gasteiger partial charge in [0.25, 0.3) is 21.8 Å². The van der Waals surface area contributed by atoms with Crippen LogP contribution in [0.5, 0.6) is 0 Å². The molecule has 2 aliphatic rings. The molecule has 1 fully saturated rings. The molecule has 0 atom stereocenters. The standard InChI is InChI=1S/C20H21N3O4S2/c1-28-18-9-8-14(12-15(18)20(25)22-10-4-5-11-22)29(26,27)23-17-7-3-2-6-16(17)21-13-19(23)24/h2-3,6-9,12,21H,4-5,10-11,13H2,1H3. The molecule has 0 radical (unpaired) electrons. The van der Waals surface area contributed by atoms with E-state index in [2.05, 4.69) is 5.32 Å². The third-order valence-electron chi connectivity index (χ3n) is 5.11. The number of sulfonamides is 1. The van der Waals surface area contributed by atoms with Crippen molar-refractivity contribution in [2.75, 3.05) is 35.5 Å². The van der Waals surface area contributed by atoms with Gasteiger partial charge in [-0.2, -0.15) is 4.31 Å². The summed E-state index contributed by atoms with van der Waals surface area (Å²) in [7, 11) is -4.17. The highest BCUT2D eigenvalue weighted by Crippen LogP contribution is 2.35. The summed E-state index contributed by atoms with van der Waals surface area (Å²) >= 11 is 1.39. The van der Waals surface area contributed by atoms with Crippen LogP contribution in [0.2, 0.25) is 0 Å². The lowest BCUT2D eigenvalue weighted by molar-refractivity contribution is -0.116. The molecule has 0 spiro atoms. The van der Waals surface area contributed by atoms with Crippen molar-refractivity contribution in [2.45, 2.75) is 22.6 Å². The third kappa shape index (κ3) is 3.49. The first kappa shape index (κ1) is 19.8. The zero-order valence-corrected chi connectivity index (χ0v) is 17.6. The Balaban J connectivity index is 1.79. The van der Waals surface area contributed by atoms with Crippen LogP contribution in [-0.4, -0.2) is 51.0 Å². The summed E-state index contributed by atoms with van der Waals surface area (Å²) in [5.41, 5.74) is 1.21. The molecule has 1 N–H and O–H groups in total. The molecule has 2 amide bonds. The van der Waals surface area contributed by atoms with E-state index >= 15 is 0 Å². The maximum atomic E-state index is 13.4. The van der Waals surface area contributed by atoms with Crippen molar-refractivity contribution in [3.8, 4) is 0 Å². The van der Waals surface area contributed by atoms with Gasteiger partial charge in [0.05, 0.1) is 28.4 Å². The molecule has 2 aromatic rings. The first-order valence-corrected chi connectivity index (χ1v) is 12.0. The Bertz CT molecular complexity index is 1080. The van der Waals surface area contributed by atoms with Crippen LogP contribution in [0.3, 0.4) is 0 Å². The molecule has 0 aliphatic carbocycles. The van der Waals surface area contributed by atoms with E-state index in [4.69, 9.17) is 0 Å². The van der Waals surface area contributed by atoms with Gasteiger partial charge in [-0.1, -0.05) is 12.1 Å². The predicted molar refractivity (Wildman–Crippen MR) is 113 cm³/mol. The van der Waals surface area contributed by atoms with E-state index in [1.165, 1.54) is 23.9 Å². The zero-order valence-electron chi connectivity index (χ0n) is 15.9. The molecule has 0 saturated carbocycles. The van der Waals surface area contributed by atoms with Gasteiger partial charge >= 0.3 is 0 Å². The smallest absolute Gasteiger partial charge is 0.271 e. The van der Waals surface area contributed by atoms with Crippen molar-refractivity contribution in [1.82, 2.24) is 4.90 Å². The first-order chi connectivity index (χ1) is 13.9. The van der Waals surface area contributed by atoms with E-state index in [9.17, 15) is 18.0 Å². The number of likely N-dealkylation sites (tertiary alicyclic amines) is 1. The van der Waals surface area contributed by atoms with Crippen LogP contribution in [0.4, 0.5) is 11.4 Å². The minimum atomic E-state index is -4.17. The molecule has 0 unspecified atom stereocenters. The van der Waals surface area contributed by atoms with Crippen molar-refractivity contribution >= 4 is 45.0 Å². The van der Waals surface area contributed by atoms with Gasteiger partial charge in [0.2, 0.25) is 0 Å². The number of hydrogen-bond acceptors (Lipinski definition) is 6. The fraction of sp³-hybridized carbons (Fsp3) is 0.300. The minimum Gasteiger partial charge on any atom is -0.374 e. The molecule has 4 rings (SSSR count). The first-order valence-electron chi connectivity index (χ1n) is 9.32. The Morgan fingerprint density at radius 2 is 1.83 bits per heavy atom. The highest BCUT2D eigenvalue weighted by atomic mass is 32.2. The summed E-state index contributed by atoms with van der Waals surface area (Å²) in [6.07, 6.45) is 3.75. The topological polar surface area (TPSA) is 86.8 Å². The highest BCUT2D eigenvalue weighted by Gasteiger charge is 2.36. The number of anilines is 2. The monoisotopic (exact) mass is 431 g/mol. The second kappa shape index (κ2) is 7.72. The fourth-order valence-electron chi connectivity index (χ4n) is 3.65. The number of carbonyl (C=O) groups excluding carboxylic acids is 2. The average Bonchev–Trinajstić information content (AvgIpc) is 3.27. The van der Waals surface area contributed by atoms with Crippen molar-refractivity contribution in [2.24, 2.45) is 0 Å². The van der Waals surface area contributed by atoms with Crippen LogP contribution >= 0.6 is 11.8 Å². The van der Waals surface area contributed by atoms with Gasteiger partial charge in [-0.3, -0.25) is 9.59 Å². The number of carbonyl (C=O) groups is 2. The lowest BCUT2D eigenvalue weighted by Gasteiger charge is -2.29. The normalized spacial score (nSPS) is 16.5. The van der Waals surface area contributed by atoms with Gasteiger partial charge in [0.1, 0.15) is 0 Å². The van der Waals surface area contributed by atoms with Crippen LogP contribution in [0.1, 0.15) is 23.2 Å². The Morgan fingerprint density at radius 1 is 1.10 bits per heavy atom. The summed E-state index contributed by atoms with van der Waals surface area (Å²) in [5.74, 6) is -0.735. The SMILES string of the molecule is CSc1ccc(S(=O)(=O)N2C(=O)CNc3ccccc32)cc1C(=O)N1CCCC1. The Kier molecular flexibility index (Phi) is 5.26. The van der Waals surface area contributed by atoms with Gasteiger partial charge < -0.3 is 10.2 Å². The summed E-state index contributed by atoms with van der Waals surface area (Å²) in [4.78, 5) is 27.9. The molecule has 9 heteroatoms. The molecule has 2 aliphatic heterocycles.